The van der Waals surface area contributed by atoms with Crippen LogP contribution < -0.4 is 5.32 Å². The molecular formula is C16H28N4. The first-order chi connectivity index (χ1) is 9.73. The second kappa shape index (κ2) is 5.86. The van der Waals surface area contributed by atoms with Crippen LogP contribution in [0.4, 0.5) is 0 Å². The highest BCUT2D eigenvalue weighted by Gasteiger charge is 2.39. The monoisotopic (exact) mass is 276 g/mol. The van der Waals surface area contributed by atoms with Crippen molar-refractivity contribution in [3.8, 4) is 0 Å². The molecule has 0 aromatic carbocycles. The summed E-state index contributed by atoms with van der Waals surface area (Å²) in [6, 6.07) is 2.27. The fourth-order valence-corrected chi connectivity index (χ4v) is 4.03. The molecular weight excluding hydrogens is 248 g/mol. The number of rotatable bonds is 3. The lowest BCUT2D eigenvalue weighted by atomic mass is 9.79. The molecule has 0 amide bonds. The zero-order chi connectivity index (χ0) is 14.0. The number of hydrogen-bond donors (Lipinski definition) is 1. The van der Waals surface area contributed by atoms with Crippen molar-refractivity contribution in [2.24, 2.45) is 0 Å². The quantitative estimate of drug-likeness (QED) is 0.920. The first-order valence-electron chi connectivity index (χ1n) is 8.23. The maximum absolute atomic E-state index is 4.60. The van der Waals surface area contributed by atoms with Gasteiger partial charge in [0.2, 0.25) is 0 Å². The van der Waals surface area contributed by atoms with Crippen molar-refractivity contribution in [1.82, 2.24) is 20.0 Å². The number of aromatic nitrogens is 2. The zero-order valence-corrected chi connectivity index (χ0v) is 13.0. The Morgan fingerprint density at radius 1 is 1.30 bits per heavy atom. The van der Waals surface area contributed by atoms with E-state index in [1.807, 2.05) is 0 Å². The molecule has 0 bridgehead atoms. The van der Waals surface area contributed by atoms with Crippen LogP contribution in [-0.4, -0.2) is 39.9 Å². The predicted molar refractivity (Wildman–Crippen MR) is 81.7 cm³/mol. The van der Waals surface area contributed by atoms with E-state index in [0.29, 0.717) is 5.54 Å². The third-order valence-corrected chi connectivity index (χ3v) is 5.11. The largest absolute Gasteiger partial charge is 0.314 e. The molecule has 1 saturated carbocycles. The van der Waals surface area contributed by atoms with Gasteiger partial charge in [0.25, 0.3) is 0 Å². The molecule has 3 rings (SSSR count). The van der Waals surface area contributed by atoms with E-state index < -0.39 is 0 Å². The van der Waals surface area contributed by atoms with Crippen molar-refractivity contribution in [2.45, 2.75) is 64.6 Å². The van der Waals surface area contributed by atoms with E-state index in [0.717, 1.165) is 25.3 Å². The minimum Gasteiger partial charge on any atom is -0.314 e. The number of nitrogens with one attached hydrogen (secondary N) is 1. The fourth-order valence-electron chi connectivity index (χ4n) is 4.03. The summed E-state index contributed by atoms with van der Waals surface area (Å²) >= 11 is 0. The van der Waals surface area contributed by atoms with Gasteiger partial charge in [-0.2, -0.15) is 5.10 Å². The Kier molecular flexibility index (Phi) is 4.13. The second-order valence-electron chi connectivity index (χ2n) is 6.48. The van der Waals surface area contributed by atoms with E-state index in [2.05, 4.69) is 39.9 Å². The number of piperazine rings is 1. The van der Waals surface area contributed by atoms with Crippen LogP contribution in [0, 0.1) is 6.92 Å². The van der Waals surface area contributed by atoms with Crippen molar-refractivity contribution >= 4 is 0 Å². The summed E-state index contributed by atoms with van der Waals surface area (Å²) in [6.07, 6.45) is 6.93. The van der Waals surface area contributed by atoms with Crippen molar-refractivity contribution in [3.63, 3.8) is 0 Å². The molecule has 0 radical (unpaired) electrons. The van der Waals surface area contributed by atoms with E-state index in [1.54, 1.807) is 0 Å². The SMILES string of the molecule is CCn1nc(C)cc1CN1CCNCC12CCCCC2. The van der Waals surface area contributed by atoms with Crippen LogP contribution in [0.5, 0.6) is 0 Å². The molecule has 1 N–H and O–H groups in total. The van der Waals surface area contributed by atoms with Gasteiger partial charge in [-0.15, -0.1) is 0 Å². The third kappa shape index (κ3) is 2.63. The molecule has 0 unspecified atom stereocenters. The summed E-state index contributed by atoms with van der Waals surface area (Å²) in [4.78, 5) is 2.74. The fraction of sp³-hybridized carbons (Fsp3) is 0.812. The van der Waals surface area contributed by atoms with E-state index in [4.69, 9.17) is 0 Å². The van der Waals surface area contributed by atoms with Crippen molar-refractivity contribution in [1.29, 1.82) is 0 Å². The molecule has 4 heteroatoms. The van der Waals surface area contributed by atoms with Crippen molar-refractivity contribution in [3.05, 3.63) is 17.5 Å². The lowest BCUT2D eigenvalue weighted by molar-refractivity contribution is 0.0189. The second-order valence-corrected chi connectivity index (χ2v) is 6.48. The Morgan fingerprint density at radius 3 is 2.85 bits per heavy atom. The molecule has 4 nitrogen and oxygen atoms in total. The Hall–Kier alpha value is -0.870. The zero-order valence-electron chi connectivity index (χ0n) is 13.0. The van der Waals surface area contributed by atoms with Gasteiger partial charge >= 0.3 is 0 Å². The Balaban J connectivity index is 1.79. The van der Waals surface area contributed by atoms with Gasteiger partial charge in [-0.3, -0.25) is 9.58 Å². The van der Waals surface area contributed by atoms with Crippen LogP contribution in [0.2, 0.25) is 0 Å². The minimum atomic E-state index is 0.410. The highest BCUT2D eigenvalue weighted by atomic mass is 15.3. The highest BCUT2D eigenvalue weighted by molar-refractivity contribution is 5.11. The van der Waals surface area contributed by atoms with Crippen LogP contribution in [-0.2, 0) is 13.1 Å². The molecule has 0 atom stereocenters. The number of aryl methyl sites for hydroxylation is 2. The van der Waals surface area contributed by atoms with E-state index >= 15 is 0 Å². The average molecular weight is 276 g/mol. The van der Waals surface area contributed by atoms with Crippen molar-refractivity contribution in [2.75, 3.05) is 19.6 Å². The van der Waals surface area contributed by atoms with Crippen LogP contribution in [0.3, 0.4) is 0 Å². The third-order valence-electron chi connectivity index (χ3n) is 5.11. The van der Waals surface area contributed by atoms with Crippen LogP contribution in [0.15, 0.2) is 6.07 Å². The summed E-state index contributed by atoms with van der Waals surface area (Å²) in [5.41, 5.74) is 2.94. The van der Waals surface area contributed by atoms with E-state index in [9.17, 15) is 0 Å². The molecule has 1 aliphatic heterocycles. The van der Waals surface area contributed by atoms with Gasteiger partial charge in [-0.05, 0) is 32.8 Å². The highest BCUT2D eigenvalue weighted by Crippen LogP contribution is 2.35. The standard InChI is InChI=1S/C16H28N4/c1-3-20-15(11-14(2)18-20)12-19-10-9-17-13-16(19)7-5-4-6-8-16/h11,17H,3-10,12-13H2,1-2H3. The van der Waals surface area contributed by atoms with E-state index in [-0.39, 0.29) is 0 Å². The molecule has 2 aliphatic rings. The normalized spacial score (nSPS) is 23.3. The van der Waals surface area contributed by atoms with Crippen LogP contribution in [0.1, 0.15) is 50.4 Å². The molecule has 20 heavy (non-hydrogen) atoms. The van der Waals surface area contributed by atoms with E-state index in [1.165, 1.54) is 50.9 Å². The minimum absolute atomic E-state index is 0.410. The van der Waals surface area contributed by atoms with Crippen molar-refractivity contribution < 1.29 is 0 Å². The number of nitrogens with zero attached hydrogens (tertiary/aromatic N) is 3. The number of hydrogen-bond acceptors (Lipinski definition) is 3. The van der Waals surface area contributed by atoms with Gasteiger partial charge in [0.05, 0.1) is 11.4 Å². The molecule has 1 aromatic heterocycles. The maximum atomic E-state index is 4.60. The van der Waals surface area contributed by atoms with Gasteiger partial charge in [0.1, 0.15) is 0 Å². The Morgan fingerprint density at radius 2 is 2.10 bits per heavy atom. The maximum Gasteiger partial charge on any atom is 0.0597 e. The average Bonchev–Trinajstić information content (AvgIpc) is 2.83. The molecule has 1 aromatic rings. The lowest BCUT2D eigenvalue weighted by Crippen LogP contribution is -2.61. The topological polar surface area (TPSA) is 33.1 Å². The summed E-state index contributed by atoms with van der Waals surface area (Å²) in [6.45, 7) is 9.80. The molecule has 2 heterocycles. The first-order valence-corrected chi connectivity index (χ1v) is 8.23. The molecule has 1 saturated heterocycles. The van der Waals surface area contributed by atoms with Gasteiger partial charge in [-0.25, -0.2) is 0 Å². The molecule has 112 valence electrons. The van der Waals surface area contributed by atoms with Crippen LogP contribution >= 0.6 is 0 Å². The molecule has 1 aliphatic carbocycles. The Bertz CT molecular complexity index is 437. The van der Waals surface area contributed by atoms with Gasteiger partial charge in [0, 0.05) is 38.3 Å². The summed E-state index contributed by atoms with van der Waals surface area (Å²) in [5.74, 6) is 0. The first kappa shape index (κ1) is 14.1. The summed E-state index contributed by atoms with van der Waals surface area (Å²) < 4.78 is 2.17. The van der Waals surface area contributed by atoms with Gasteiger partial charge in [-0.1, -0.05) is 19.3 Å². The summed E-state index contributed by atoms with van der Waals surface area (Å²) in [7, 11) is 0. The lowest BCUT2D eigenvalue weighted by Gasteiger charge is -2.50. The Labute approximate surface area is 122 Å². The van der Waals surface area contributed by atoms with Gasteiger partial charge < -0.3 is 5.32 Å². The molecule has 2 fully saturated rings. The smallest absolute Gasteiger partial charge is 0.0597 e. The van der Waals surface area contributed by atoms with Crippen LogP contribution in [0.25, 0.3) is 0 Å². The molecule has 1 spiro atoms. The van der Waals surface area contributed by atoms with Gasteiger partial charge in [0.15, 0.2) is 0 Å². The summed E-state index contributed by atoms with van der Waals surface area (Å²) in [5, 5.41) is 8.23. The predicted octanol–water partition coefficient (Wildman–Crippen LogP) is 2.32.